The van der Waals surface area contributed by atoms with E-state index in [1.165, 1.54) is 36.5 Å². The topological polar surface area (TPSA) is 101 Å². The minimum absolute atomic E-state index is 0.0334. The van der Waals surface area contributed by atoms with Gasteiger partial charge in [0.15, 0.2) is 5.03 Å². The van der Waals surface area contributed by atoms with Gasteiger partial charge in [-0.3, -0.25) is 9.82 Å². The zero-order chi connectivity index (χ0) is 15.3. The van der Waals surface area contributed by atoms with Gasteiger partial charge < -0.3 is 4.74 Å². The normalized spacial score (nSPS) is 11.1. The summed E-state index contributed by atoms with van der Waals surface area (Å²) in [5.41, 5.74) is 0.713. The third-order valence-corrected chi connectivity index (χ3v) is 3.89. The van der Waals surface area contributed by atoms with E-state index in [0.717, 1.165) is 6.42 Å². The van der Waals surface area contributed by atoms with E-state index < -0.39 is 16.0 Å². The molecule has 0 amide bonds. The van der Waals surface area contributed by atoms with Crippen LogP contribution in [-0.4, -0.2) is 31.2 Å². The maximum absolute atomic E-state index is 11.9. The molecule has 1 aromatic carbocycles. The van der Waals surface area contributed by atoms with Crippen molar-refractivity contribution in [3.05, 3.63) is 42.1 Å². The van der Waals surface area contributed by atoms with Crippen LogP contribution in [-0.2, 0) is 14.8 Å². The smallest absolute Gasteiger partial charge is 0.338 e. The van der Waals surface area contributed by atoms with E-state index in [1.54, 1.807) is 0 Å². The van der Waals surface area contributed by atoms with E-state index in [9.17, 15) is 13.2 Å². The summed E-state index contributed by atoms with van der Waals surface area (Å²) in [5, 5.41) is 5.93. The Morgan fingerprint density at radius 3 is 2.57 bits per heavy atom. The second-order valence-electron chi connectivity index (χ2n) is 4.24. The lowest BCUT2D eigenvalue weighted by atomic mass is 10.2. The molecule has 0 spiro atoms. The Kier molecular flexibility index (Phi) is 4.59. The number of aromatic amines is 1. The first-order valence-corrected chi connectivity index (χ1v) is 7.80. The number of esters is 1. The predicted molar refractivity (Wildman–Crippen MR) is 76.4 cm³/mol. The number of hydrogen-bond donors (Lipinski definition) is 2. The number of rotatable bonds is 6. The number of carbonyl (C=O) groups is 1. The lowest BCUT2D eigenvalue weighted by Gasteiger charge is -2.07. The zero-order valence-corrected chi connectivity index (χ0v) is 12.2. The predicted octanol–water partition coefficient (Wildman–Crippen LogP) is 1.78. The van der Waals surface area contributed by atoms with Crippen LogP contribution in [0, 0.1) is 0 Å². The monoisotopic (exact) mass is 309 g/mol. The molecular formula is C13H15N3O4S. The van der Waals surface area contributed by atoms with Crippen LogP contribution in [0.3, 0.4) is 0 Å². The van der Waals surface area contributed by atoms with E-state index in [4.69, 9.17) is 4.74 Å². The summed E-state index contributed by atoms with van der Waals surface area (Å²) in [7, 11) is -3.70. The van der Waals surface area contributed by atoms with Gasteiger partial charge in [0.05, 0.1) is 18.4 Å². The number of nitrogens with zero attached hydrogens (tertiary/aromatic N) is 1. The molecule has 0 aliphatic carbocycles. The average Bonchev–Trinajstić information content (AvgIpc) is 3.00. The average molecular weight is 309 g/mol. The van der Waals surface area contributed by atoms with Gasteiger partial charge in [0.1, 0.15) is 0 Å². The van der Waals surface area contributed by atoms with Crippen LogP contribution in [0.2, 0.25) is 0 Å². The molecule has 2 aromatic rings. The van der Waals surface area contributed by atoms with Gasteiger partial charge in [0.25, 0.3) is 10.0 Å². The molecule has 0 bridgehead atoms. The Morgan fingerprint density at radius 2 is 2.00 bits per heavy atom. The Morgan fingerprint density at radius 1 is 1.29 bits per heavy atom. The number of sulfonamides is 1. The van der Waals surface area contributed by atoms with Crippen molar-refractivity contribution in [2.45, 2.75) is 18.4 Å². The summed E-state index contributed by atoms with van der Waals surface area (Å²) in [6, 6.07) is 7.34. The van der Waals surface area contributed by atoms with Crippen molar-refractivity contribution >= 4 is 21.7 Å². The van der Waals surface area contributed by atoms with Crippen LogP contribution >= 0.6 is 0 Å². The molecule has 0 fully saturated rings. The quantitative estimate of drug-likeness (QED) is 0.792. The highest BCUT2D eigenvalue weighted by atomic mass is 32.2. The van der Waals surface area contributed by atoms with Gasteiger partial charge in [-0.2, -0.15) is 13.5 Å². The molecule has 112 valence electrons. The molecule has 8 heteroatoms. The number of ether oxygens (including phenoxy) is 1. The Labute approximate surface area is 122 Å². The van der Waals surface area contributed by atoms with Gasteiger partial charge in [-0.05, 0) is 36.8 Å². The molecule has 0 saturated carbocycles. The molecule has 0 radical (unpaired) electrons. The Hall–Kier alpha value is -2.35. The first kappa shape index (κ1) is 15.0. The number of benzene rings is 1. The summed E-state index contributed by atoms with van der Waals surface area (Å²) in [4.78, 5) is 11.6. The summed E-state index contributed by atoms with van der Waals surface area (Å²) in [5.74, 6) is -0.431. The standard InChI is InChI=1S/C13H15N3O4S/c1-2-9-20-13(17)10-3-5-11(6-4-10)16-21(18,19)12-7-8-14-15-12/h3-8,16H,2,9H2,1H3,(H,14,15). The molecular weight excluding hydrogens is 294 g/mol. The van der Waals surface area contributed by atoms with E-state index in [-0.39, 0.29) is 5.03 Å². The summed E-state index contributed by atoms with van der Waals surface area (Å²) >= 11 is 0. The first-order valence-electron chi connectivity index (χ1n) is 6.32. The lowest BCUT2D eigenvalue weighted by molar-refractivity contribution is 0.0505. The molecule has 0 aliphatic heterocycles. The fourth-order valence-electron chi connectivity index (χ4n) is 1.56. The SMILES string of the molecule is CCCOC(=O)c1ccc(NS(=O)(=O)c2ccn[nH]2)cc1. The second kappa shape index (κ2) is 6.40. The molecule has 1 aromatic heterocycles. The molecule has 1 heterocycles. The van der Waals surface area contributed by atoms with Crippen molar-refractivity contribution in [2.24, 2.45) is 0 Å². The summed E-state index contributed by atoms with van der Waals surface area (Å²) < 4.78 is 31.3. The minimum atomic E-state index is -3.70. The number of carbonyl (C=O) groups excluding carboxylic acids is 1. The van der Waals surface area contributed by atoms with Gasteiger partial charge in [-0.15, -0.1) is 0 Å². The molecule has 0 unspecified atom stereocenters. The van der Waals surface area contributed by atoms with Gasteiger partial charge >= 0.3 is 5.97 Å². The van der Waals surface area contributed by atoms with Crippen LogP contribution in [0.15, 0.2) is 41.6 Å². The van der Waals surface area contributed by atoms with Crippen LogP contribution in [0.1, 0.15) is 23.7 Å². The number of aromatic nitrogens is 2. The fourth-order valence-corrected chi connectivity index (χ4v) is 2.52. The maximum atomic E-state index is 11.9. The van der Waals surface area contributed by atoms with Crippen molar-refractivity contribution in [1.29, 1.82) is 0 Å². The van der Waals surface area contributed by atoms with Crippen LogP contribution in [0.25, 0.3) is 0 Å². The molecule has 2 rings (SSSR count). The molecule has 0 saturated heterocycles. The van der Waals surface area contributed by atoms with Gasteiger partial charge in [0.2, 0.25) is 0 Å². The van der Waals surface area contributed by atoms with Crippen molar-refractivity contribution in [3.63, 3.8) is 0 Å². The van der Waals surface area contributed by atoms with Crippen molar-refractivity contribution in [3.8, 4) is 0 Å². The van der Waals surface area contributed by atoms with E-state index in [2.05, 4.69) is 14.9 Å². The van der Waals surface area contributed by atoms with Crippen molar-refractivity contribution in [1.82, 2.24) is 10.2 Å². The van der Waals surface area contributed by atoms with Gasteiger partial charge in [-0.1, -0.05) is 6.92 Å². The number of anilines is 1. The van der Waals surface area contributed by atoms with E-state index >= 15 is 0 Å². The van der Waals surface area contributed by atoms with E-state index in [1.807, 2.05) is 6.92 Å². The van der Waals surface area contributed by atoms with Gasteiger partial charge in [0, 0.05) is 5.69 Å². The largest absolute Gasteiger partial charge is 0.462 e. The van der Waals surface area contributed by atoms with Crippen LogP contribution in [0.5, 0.6) is 0 Å². The molecule has 0 aliphatic rings. The molecule has 0 atom stereocenters. The third-order valence-electron chi connectivity index (χ3n) is 2.57. The minimum Gasteiger partial charge on any atom is -0.462 e. The number of nitrogens with one attached hydrogen (secondary N) is 2. The van der Waals surface area contributed by atoms with Gasteiger partial charge in [-0.25, -0.2) is 4.79 Å². The van der Waals surface area contributed by atoms with Crippen molar-refractivity contribution < 1.29 is 17.9 Å². The molecule has 7 nitrogen and oxygen atoms in total. The highest BCUT2D eigenvalue weighted by molar-refractivity contribution is 7.92. The first-order chi connectivity index (χ1) is 10.0. The molecule has 2 N–H and O–H groups in total. The Bertz CT molecular complexity index is 694. The molecule has 21 heavy (non-hydrogen) atoms. The Balaban J connectivity index is 2.08. The highest BCUT2D eigenvalue weighted by Gasteiger charge is 2.15. The van der Waals surface area contributed by atoms with Crippen LogP contribution in [0.4, 0.5) is 5.69 Å². The van der Waals surface area contributed by atoms with E-state index in [0.29, 0.717) is 17.9 Å². The summed E-state index contributed by atoms with van der Waals surface area (Å²) in [6.45, 7) is 2.26. The fraction of sp³-hybridized carbons (Fsp3) is 0.231. The highest BCUT2D eigenvalue weighted by Crippen LogP contribution is 2.15. The maximum Gasteiger partial charge on any atom is 0.338 e. The third kappa shape index (κ3) is 3.82. The van der Waals surface area contributed by atoms with Crippen molar-refractivity contribution in [2.75, 3.05) is 11.3 Å². The zero-order valence-electron chi connectivity index (χ0n) is 11.4. The number of H-pyrrole nitrogens is 1. The summed E-state index contributed by atoms with van der Waals surface area (Å²) in [6.07, 6.45) is 2.09. The number of hydrogen-bond acceptors (Lipinski definition) is 5. The second-order valence-corrected chi connectivity index (χ2v) is 5.89. The lowest BCUT2D eigenvalue weighted by Crippen LogP contribution is -2.13. The van der Waals surface area contributed by atoms with Crippen LogP contribution < -0.4 is 4.72 Å².